The Kier molecular flexibility index (Phi) is 4.12. The molecule has 0 spiro atoms. The van der Waals surface area contributed by atoms with Crippen molar-refractivity contribution in [3.8, 4) is 23.0 Å². The summed E-state index contributed by atoms with van der Waals surface area (Å²) in [4.78, 5) is 12.2. The number of ether oxygens (including phenoxy) is 2. The van der Waals surface area contributed by atoms with Crippen LogP contribution in [0.4, 0.5) is 0 Å². The van der Waals surface area contributed by atoms with Gasteiger partial charge in [0.2, 0.25) is 0 Å². The number of hydrogen-bond donors (Lipinski definition) is 2. The molecule has 2 aromatic rings. The van der Waals surface area contributed by atoms with Crippen LogP contribution in [0.3, 0.4) is 0 Å². The molecule has 0 saturated carbocycles. The lowest BCUT2D eigenvalue weighted by Gasteiger charge is -2.18. The molecule has 2 aromatic carbocycles. The normalized spacial score (nSPS) is 13.3. The molecule has 0 fully saturated rings. The van der Waals surface area contributed by atoms with Crippen LogP contribution < -0.4 is 9.47 Å². The number of halogens is 1. The minimum atomic E-state index is -0.387. The zero-order chi connectivity index (χ0) is 16.4. The van der Waals surface area contributed by atoms with E-state index in [1.807, 2.05) is 0 Å². The van der Waals surface area contributed by atoms with Crippen molar-refractivity contribution < 1.29 is 24.5 Å². The molecule has 1 aliphatic rings. The first-order valence-electron chi connectivity index (χ1n) is 6.88. The van der Waals surface area contributed by atoms with Crippen LogP contribution in [0.25, 0.3) is 6.08 Å². The SMILES string of the molecule is O=C(/C=C/c1cc(O)c(O)c(Cl)c1)c1ccc2c(c1)OCCO2. The van der Waals surface area contributed by atoms with Gasteiger partial charge in [-0.25, -0.2) is 0 Å². The molecule has 0 radical (unpaired) electrons. The van der Waals surface area contributed by atoms with Gasteiger partial charge in [-0.3, -0.25) is 4.79 Å². The Balaban J connectivity index is 1.81. The van der Waals surface area contributed by atoms with Gasteiger partial charge in [0, 0.05) is 5.56 Å². The number of phenolic OH excluding ortho intramolecular Hbond substituents is 2. The van der Waals surface area contributed by atoms with Crippen molar-refractivity contribution >= 4 is 23.5 Å². The molecule has 1 aliphatic heterocycles. The van der Waals surface area contributed by atoms with E-state index in [1.165, 1.54) is 24.3 Å². The quantitative estimate of drug-likeness (QED) is 0.511. The lowest BCUT2D eigenvalue weighted by atomic mass is 10.1. The van der Waals surface area contributed by atoms with Crippen LogP contribution >= 0.6 is 11.6 Å². The largest absolute Gasteiger partial charge is 0.504 e. The van der Waals surface area contributed by atoms with Crippen molar-refractivity contribution in [1.29, 1.82) is 0 Å². The summed E-state index contributed by atoms with van der Waals surface area (Å²) in [6.07, 6.45) is 2.86. The molecule has 0 atom stereocenters. The van der Waals surface area contributed by atoms with Crippen LogP contribution in [0, 0.1) is 0 Å². The van der Waals surface area contributed by atoms with E-state index in [0.717, 1.165) is 0 Å². The van der Waals surface area contributed by atoms with Crippen LogP contribution in [0.5, 0.6) is 23.0 Å². The van der Waals surface area contributed by atoms with Gasteiger partial charge >= 0.3 is 0 Å². The van der Waals surface area contributed by atoms with Gasteiger partial charge in [-0.2, -0.15) is 0 Å². The third-order valence-electron chi connectivity index (χ3n) is 3.32. The second-order valence-corrected chi connectivity index (χ2v) is 5.33. The van der Waals surface area contributed by atoms with Crippen molar-refractivity contribution in [3.05, 3.63) is 52.6 Å². The molecule has 23 heavy (non-hydrogen) atoms. The van der Waals surface area contributed by atoms with E-state index < -0.39 is 0 Å². The van der Waals surface area contributed by atoms with Gasteiger partial charge in [-0.05, 0) is 42.0 Å². The first-order chi connectivity index (χ1) is 11.0. The number of allylic oxidation sites excluding steroid dienone is 1. The van der Waals surface area contributed by atoms with E-state index in [-0.39, 0.29) is 22.3 Å². The second-order valence-electron chi connectivity index (χ2n) is 4.93. The zero-order valence-corrected chi connectivity index (χ0v) is 12.7. The average Bonchev–Trinajstić information content (AvgIpc) is 2.57. The van der Waals surface area contributed by atoms with Gasteiger partial charge in [-0.1, -0.05) is 17.7 Å². The molecular formula is C17H13ClO5. The molecule has 0 aliphatic carbocycles. The number of fused-ring (bicyclic) bond motifs is 1. The maximum Gasteiger partial charge on any atom is 0.185 e. The number of ketones is 1. The summed E-state index contributed by atoms with van der Waals surface area (Å²) in [6.45, 7) is 0.942. The molecule has 0 saturated heterocycles. The van der Waals surface area contributed by atoms with Crippen molar-refractivity contribution in [2.45, 2.75) is 0 Å². The molecule has 118 valence electrons. The topological polar surface area (TPSA) is 76.0 Å². The molecule has 6 heteroatoms. The lowest BCUT2D eigenvalue weighted by molar-refractivity contribution is 0.104. The number of hydrogen-bond acceptors (Lipinski definition) is 5. The number of benzene rings is 2. The third kappa shape index (κ3) is 3.24. The highest BCUT2D eigenvalue weighted by Crippen LogP contribution is 2.34. The summed E-state index contributed by atoms with van der Waals surface area (Å²) in [7, 11) is 0. The first kappa shape index (κ1) is 15.2. The second kappa shape index (κ2) is 6.22. The Hall–Kier alpha value is -2.66. The monoisotopic (exact) mass is 332 g/mol. The summed E-state index contributed by atoms with van der Waals surface area (Å²) in [6, 6.07) is 7.74. The maximum atomic E-state index is 12.2. The minimum absolute atomic E-state index is 0.0106. The number of carbonyl (C=O) groups excluding carboxylic acids is 1. The predicted octanol–water partition coefficient (Wildman–Crippen LogP) is 3.42. The lowest BCUT2D eigenvalue weighted by Crippen LogP contribution is -2.15. The van der Waals surface area contributed by atoms with Crippen molar-refractivity contribution in [1.82, 2.24) is 0 Å². The van der Waals surface area contributed by atoms with Gasteiger partial charge in [-0.15, -0.1) is 0 Å². The summed E-state index contributed by atoms with van der Waals surface area (Å²) in [5.41, 5.74) is 0.954. The molecule has 2 N–H and O–H groups in total. The predicted molar refractivity (Wildman–Crippen MR) is 85.6 cm³/mol. The highest BCUT2D eigenvalue weighted by atomic mass is 35.5. The Morgan fingerprint density at radius 2 is 1.83 bits per heavy atom. The Morgan fingerprint density at radius 3 is 2.57 bits per heavy atom. The number of carbonyl (C=O) groups is 1. The van der Waals surface area contributed by atoms with Crippen molar-refractivity contribution in [2.75, 3.05) is 13.2 Å². The highest BCUT2D eigenvalue weighted by molar-refractivity contribution is 6.32. The minimum Gasteiger partial charge on any atom is -0.504 e. The van der Waals surface area contributed by atoms with Crippen LogP contribution in [0.1, 0.15) is 15.9 Å². The average molecular weight is 333 g/mol. The van der Waals surface area contributed by atoms with E-state index in [1.54, 1.807) is 18.2 Å². The van der Waals surface area contributed by atoms with Gasteiger partial charge in [0.1, 0.15) is 13.2 Å². The smallest absolute Gasteiger partial charge is 0.185 e. The highest BCUT2D eigenvalue weighted by Gasteiger charge is 2.14. The van der Waals surface area contributed by atoms with Crippen LogP contribution in [0.15, 0.2) is 36.4 Å². The van der Waals surface area contributed by atoms with Crippen LogP contribution in [-0.4, -0.2) is 29.2 Å². The van der Waals surface area contributed by atoms with Gasteiger partial charge in [0.05, 0.1) is 5.02 Å². The molecule has 0 unspecified atom stereocenters. The molecule has 0 bridgehead atoms. The van der Waals surface area contributed by atoms with Crippen LogP contribution in [-0.2, 0) is 0 Å². The standard InChI is InChI=1S/C17H13ClO5/c18-12-7-10(8-14(20)17(12)21)1-3-13(19)11-2-4-15-16(9-11)23-6-5-22-15/h1-4,7-9,20-21H,5-6H2/b3-1+. The maximum absolute atomic E-state index is 12.2. The number of rotatable bonds is 3. The Morgan fingerprint density at radius 1 is 1.09 bits per heavy atom. The van der Waals surface area contributed by atoms with Crippen molar-refractivity contribution in [3.63, 3.8) is 0 Å². The summed E-state index contributed by atoms with van der Waals surface area (Å²) < 4.78 is 10.8. The van der Waals surface area contributed by atoms with Gasteiger partial charge in [0.15, 0.2) is 28.8 Å². The van der Waals surface area contributed by atoms with Gasteiger partial charge in [0.25, 0.3) is 0 Å². The first-order valence-corrected chi connectivity index (χ1v) is 7.26. The molecule has 0 amide bonds. The van der Waals surface area contributed by atoms with Crippen molar-refractivity contribution in [2.24, 2.45) is 0 Å². The molecule has 1 heterocycles. The number of phenols is 2. The summed E-state index contributed by atoms with van der Waals surface area (Å²) in [5, 5.41) is 18.9. The molecular weight excluding hydrogens is 320 g/mol. The van der Waals surface area contributed by atoms with E-state index in [9.17, 15) is 15.0 Å². The zero-order valence-electron chi connectivity index (χ0n) is 12.0. The Labute approximate surface area is 137 Å². The third-order valence-corrected chi connectivity index (χ3v) is 3.61. The molecule has 5 nitrogen and oxygen atoms in total. The van der Waals surface area contributed by atoms with E-state index in [0.29, 0.717) is 35.8 Å². The fourth-order valence-electron chi connectivity index (χ4n) is 2.17. The fourth-order valence-corrected chi connectivity index (χ4v) is 2.39. The molecule has 0 aromatic heterocycles. The van der Waals surface area contributed by atoms with Gasteiger partial charge < -0.3 is 19.7 Å². The van der Waals surface area contributed by atoms with E-state index in [4.69, 9.17) is 21.1 Å². The van der Waals surface area contributed by atoms with E-state index >= 15 is 0 Å². The van der Waals surface area contributed by atoms with Crippen LogP contribution in [0.2, 0.25) is 5.02 Å². The summed E-state index contributed by atoms with van der Waals surface area (Å²) in [5.74, 6) is 0.199. The van der Waals surface area contributed by atoms with E-state index in [2.05, 4.69) is 0 Å². The Bertz CT molecular complexity index is 775. The molecule has 3 rings (SSSR count). The number of aromatic hydroxyl groups is 2. The summed E-state index contributed by atoms with van der Waals surface area (Å²) >= 11 is 5.77. The fraction of sp³-hybridized carbons (Fsp3) is 0.118.